The van der Waals surface area contributed by atoms with Crippen LogP contribution in [-0.2, 0) is 9.47 Å². The molecule has 4 unspecified atom stereocenters. The maximum atomic E-state index is 6.31. The zero-order chi connectivity index (χ0) is 12.7. The predicted octanol–water partition coefficient (Wildman–Crippen LogP) is 4.13. The fourth-order valence-electron chi connectivity index (χ4n) is 3.85. The van der Waals surface area contributed by atoms with Crippen LogP contribution in [-0.4, -0.2) is 17.5 Å². The van der Waals surface area contributed by atoms with Gasteiger partial charge in [-0.05, 0) is 52.4 Å². The van der Waals surface area contributed by atoms with Crippen LogP contribution >= 0.6 is 0 Å². The smallest absolute Gasteiger partial charge is 0.172 e. The second kappa shape index (κ2) is 4.55. The third-order valence-electron chi connectivity index (χ3n) is 4.76. The molecule has 4 atom stereocenters. The monoisotopic (exact) mass is 240 g/mol. The van der Waals surface area contributed by atoms with Crippen LogP contribution in [0.15, 0.2) is 0 Å². The Balaban J connectivity index is 0.000000514. The molecule has 0 amide bonds. The maximum Gasteiger partial charge on any atom is 0.172 e. The van der Waals surface area contributed by atoms with Crippen molar-refractivity contribution in [2.24, 2.45) is 11.8 Å². The normalized spacial score (nSPS) is 46.8. The highest BCUT2D eigenvalue weighted by molar-refractivity contribution is 5.03. The lowest BCUT2D eigenvalue weighted by atomic mass is 9.72. The maximum absolute atomic E-state index is 6.31. The summed E-state index contributed by atoms with van der Waals surface area (Å²) in [5.41, 5.74) is 0.0335. The van der Waals surface area contributed by atoms with Crippen LogP contribution in [0.25, 0.3) is 0 Å². The van der Waals surface area contributed by atoms with Crippen LogP contribution in [0.3, 0.4) is 0 Å². The minimum atomic E-state index is -0.204. The number of hydrogen-bond acceptors (Lipinski definition) is 2. The zero-order valence-electron chi connectivity index (χ0n) is 12.1. The molecule has 0 radical (unpaired) electrons. The van der Waals surface area contributed by atoms with E-state index >= 15 is 0 Å². The van der Waals surface area contributed by atoms with Crippen LogP contribution in [0, 0.1) is 11.8 Å². The van der Waals surface area contributed by atoms with Gasteiger partial charge in [-0.15, -0.1) is 0 Å². The molecule has 2 heteroatoms. The molecule has 0 aromatic rings. The fraction of sp³-hybridized carbons (Fsp3) is 1.00. The van der Waals surface area contributed by atoms with E-state index in [1.807, 2.05) is 13.8 Å². The van der Waals surface area contributed by atoms with Gasteiger partial charge in [-0.1, -0.05) is 13.8 Å². The van der Waals surface area contributed by atoms with Gasteiger partial charge in [0.15, 0.2) is 5.79 Å². The molecule has 1 aliphatic carbocycles. The van der Waals surface area contributed by atoms with E-state index in [4.69, 9.17) is 9.47 Å². The second-order valence-corrected chi connectivity index (χ2v) is 6.20. The Kier molecular flexibility index (Phi) is 3.57. The highest BCUT2D eigenvalue weighted by atomic mass is 16.7. The summed E-state index contributed by atoms with van der Waals surface area (Å²) in [5.74, 6) is 1.16. The molecule has 0 N–H and O–H groups in total. The first-order chi connectivity index (χ1) is 8.02. The van der Waals surface area contributed by atoms with Gasteiger partial charge in [0.05, 0.1) is 11.7 Å². The lowest BCUT2D eigenvalue weighted by Gasteiger charge is -2.45. The van der Waals surface area contributed by atoms with Crippen LogP contribution in [0.5, 0.6) is 0 Å². The van der Waals surface area contributed by atoms with E-state index in [0.717, 1.165) is 6.42 Å². The molecule has 1 saturated carbocycles. The number of fused-ring (bicyclic) bond motifs is 1. The van der Waals surface area contributed by atoms with Gasteiger partial charge in [-0.25, -0.2) is 0 Å². The van der Waals surface area contributed by atoms with E-state index in [1.54, 1.807) is 0 Å². The molecule has 1 spiro atoms. The molecule has 17 heavy (non-hydrogen) atoms. The van der Waals surface area contributed by atoms with Crippen molar-refractivity contribution in [3.05, 3.63) is 0 Å². The highest BCUT2D eigenvalue weighted by Gasteiger charge is 2.59. The Labute approximate surface area is 106 Å². The number of rotatable bonds is 0. The van der Waals surface area contributed by atoms with Crippen molar-refractivity contribution >= 4 is 0 Å². The van der Waals surface area contributed by atoms with E-state index in [1.165, 1.54) is 25.7 Å². The standard InChI is InChI=1S/C13H22O2.C2H6/c1-9-4-5-10-6-7-11-8-13(10,14-9)15-12(11,2)3;1-2/h9-11H,4-8H2,1-3H3;1-2H3. The summed E-state index contributed by atoms with van der Waals surface area (Å²) in [7, 11) is 0. The average Bonchev–Trinajstić information content (AvgIpc) is 2.47. The van der Waals surface area contributed by atoms with Crippen LogP contribution in [0.4, 0.5) is 0 Å². The van der Waals surface area contributed by atoms with E-state index in [-0.39, 0.29) is 11.4 Å². The van der Waals surface area contributed by atoms with Crippen molar-refractivity contribution in [2.75, 3.05) is 0 Å². The first-order valence-electron chi connectivity index (χ1n) is 7.40. The molecule has 2 saturated heterocycles. The molecule has 3 fully saturated rings. The van der Waals surface area contributed by atoms with Crippen molar-refractivity contribution in [3.63, 3.8) is 0 Å². The third kappa shape index (κ3) is 2.15. The van der Waals surface area contributed by atoms with Crippen molar-refractivity contribution in [2.45, 2.75) is 84.2 Å². The highest BCUT2D eigenvalue weighted by Crippen LogP contribution is 2.57. The summed E-state index contributed by atoms with van der Waals surface area (Å²) in [6.07, 6.45) is 6.66. The lowest BCUT2D eigenvalue weighted by Crippen LogP contribution is -2.48. The molecular weight excluding hydrogens is 212 g/mol. The molecular formula is C15H28O2. The van der Waals surface area contributed by atoms with Gasteiger partial charge in [0.25, 0.3) is 0 Å². The minimum absolute atomic E-state index is 0.0335. The van der Waals surface area contributed by atoms with Crippen molar-refractivity contribution in [1.82, 2.24) is 0 Å². The van der Waals surface area contributed by atoms with E-state index in [0.29, 0.717) is 17.9 Å². The van der Waals surface area contributed by atoms with Gasteiger partial charge in [-0.3, -0.25) is 0 Å². The Morgan fingerprint density at radius 2 is 1.53 bits per heavy atom. The summed E-state index contributed by atoms with van der Waals surface area (Å²) < 4.78 is 12.5. The molecule has 2 bridgehead atoms. The van der Waals surface area contributed by atoms with E-state index in [9.17, 15) is 0 Å². The molecule has 2 aliphatic heterocycles. The van der Waals surface area contributed by atoms with Crippen molar-refractivity contribution in [1.29, 1.82) is 0 Å². The van der Waals surface area contributed by atoms with E-state index in [2.05, 4.69) is 20.8 Å². The Morgan fingerprint density at radius 1 is 0.941 bits per heavy atom. The second-order valence-electron chi connectivity index (χ2n) is 6.20. The Morgan fingerprint density at radius 3 is 2.24 bits per heavy atom. The molecule has 2 nitrogen and oxygen atoms in total. The zero-order valence-corrected chi connectivity index (χ0v) is 12.1. The summed E-state index contributed by atoms with van der Waals surface area (Å²) in [4.78, 5) is 0. The van der Waals surface area contributed by atoms with Gasteiger partial charge in [-0.2, -0.15) is 0 Å². The van der Waals surface area contributed by atoms with Crippen LogP contribution < -0.4 is 0 Å². The molecule has 2 heterocycles. The summed E-state index contributed by atoms with van der Waals surface area (Å²) in [6.45, 7) is 10.7. The molecule has 3 aliphatic rings. The van der Waals surface area contributed by atoms with E-state index < -0.39 is 0 Å². The van der Waals surface area contributed by atoms with Crippen LogP contribution in [0.2, 0.25) is 0 Å². The third-order valence-corrected chi connectivity index (χ3v) is 4.76. The van der Waals surface area contributed by atoms with Gasteiger partial charge in [0, 0.05) is 12.3 Å². The summed E-state index contributed by atoms with van der Waals surface area (Å²) >= 11 is 0. The lowest BCUT2D eigenvalue weighted by molar-refractivity contribution is -0.306. The SMILES string of the molecule is CC.CC1CCC2CCC3CC2(O1)OC3(C)C. The molecule has 0 aromatic heterocycles. The first kappa shape index (κ1) is 13.4. The molecule has 0 aromatic carbocycles. The summed E-state index contributed by atoms with van der Waals surface area (Å²) in [6, 6.07) is 0. The first-order valence-corrected chi connectivity index (χ1v) is 7.40. The molecule has 3 rings (SSSR count). The van der Waals surface area contributed by atoms with Crippen molar-refractivity contribution < 1.29 is 9.47 Å². The number of hydrogen-bond donors (Lipinski definition) is 0. The largest absolute Gasteiger partial charge is 0.347 e. The summed E-state index contributed by atoms with van der Waals surface area (Å²) in [5, 5.41) is 0. The van der Waals surface area contributed by atoms with Gasteiger partial charge < -0.3 is 9.47 Å². The minimum Gasteiger partial charge on any atom is -0.347 e. The predicted molar refractivity (Wildman–Crippen MR) is 69.9 cm³/mol. The number of ether oxygens (including phenoxy) is 2. The Hall–Kier alpha value is -0.0800. The van der Waals surface area contributed by atoms with Gasteiger partial charge in [0.1, 0.15) is 0 Å². The van der Waals surface area contributed by atoms with Crippen molar-refractivity contribution in [3.8, 4) is 0 Å². The van der Waals surface area contributed by atoms with Gasteiger partial charge >= 0.3 is 0 Å². The van der Waals surface area contributed by atoms with Crippen LogP contribution in [0.1, 0.15) is 66.7 Å². The molecule has 100 valence electrons. The average molecular weight is 240 g/mol. The van der Waals surface area contributed by atoms with Gasteiger partial charge in [0.2, 0.25) is 0 Å². The topological polar surface area (TPSA) is 18.5 Å². The quantitative estimate of drug-likeness (QED) is 0.633. The fourth-order valence-corrected chi connectivity index (χ4v) is 3.85. The Bertz CT molecular complexity index is 274.